The molecule has 0 radical (unpaired) electrons. The van der Waals surface area contributed by atoms with E-state index in [4.69, 9.17) is 0 Å². The van der Waals surface area contributed by atoms with E-state index in [1.54, 1.807) is 0 Å². The SMILES string of the molecule is CC(C)c1ccccc1-c1cccc2c1C=C(c1ccccc1)[CH]2[Zr]([Cl])([Cl])([c]1cccc2c1[SiH2]c1ccccc1-2)[CH]1C(c2ccccc2)=Cc2c(-c3ccccc3C(C)C)cccc21. The average Bonchev–Trinajstić information content (AvgIpc) is 4.05. The van der Waals surface area contributed by atoms with Crippen molar-refractivity contribution in [3.63, 3.8) is 0 Å². The molecule has 0 saturated heterocycles. The molecule has 11 rings (SSSR count). The number of fused-ring (bicyclic) bond motifs is 5. The number of allylic oxidation sites excluding steroid dienone is 2. The fourth-order valence-electron chi connectivity index (χ4n) is 11.7. The van der Waals surface area contributed by atoms with Crippen molar-refractivity contribution in [1.82, 2.24) is 0 Å². The second-order valence-corrected chi connectivity index (χ2v) is 41.1. The summed E-state index contributed by atoms with van der Waals surface area (Å²) in [5.41, 5.74) is 20.1. The summed E-state index contributed by atoms with van der Waals surface area (Å²) in [5, 5.41) is 2.88. The molecular weight excluding hydrogens is 911 g/mol. The van der Waals surface area contributed by atoms with Gasteiger partial charge in [-0.2, -0.15) is 0 Å². The Bertz CT molecular complexity index is 3030. The first-order valence-electron chi connectivity index (χ1n) is 22.9. The Labute approximate surface area is 389 Å². The van der Waals surface area contributed by atoms with Gasteiger partial charge in [0.15, 0.2) is 0 Å². The van der Waals surface area contributed by atoms with Crippen LogP contribution in [0.15, 0.2) is 188 Å². The van der Waals surface area contributed by atoms with Crippen molar-refractivity contribution in [3.8, 4) is 33.4 Å². The molecule has 0 saturated carbocycles. The third-order valence-electron chi connectivity index (χ3n) is 14.5. The first-order chi connectivity index (χ1) is 31.1. The Hall–Kier alpha value is -5.08. The third kappa shape index (κ3) is 6.47. The minimum absolute atomic E-state index is 0.271. The maximum absolute atomic E-state index is 9.58. The molecular formula is C60H51Cl2SiZr. The van der Waals surface area contributed by atoms with Crippen LogP contribution in [0.3, 0.4) is 0 Å². The van der Waals surface area contributed by atoms with Crippen molar-refractivity contribution >= 4 is 63.5 Å². The summed E-state index contributed by atoms with van der Waals surface area (Å²) in [5.74, 6) is 0.712. The second kappa shape index (κ2) is 16.1. The van der Waals surface area contributed by atoms with E-state index < -0.39 is 25.9 Å². The molecule has 3 aliphatic rings. The predicted molar refractivity (Wildman–Crippen MR) is 277 cm³/mol. The molecule has 8 aromatic carbocycles. The van der Waals surface area contributed by atoms with Gasteiger partial charge in [0.1, 0.15) is 0 Å². The Morgan fingerprint density at radius 1 is 0.406 bits per heavy atom. The standard InChI is InChI=1S/2C24H21.C12H9Si.2ClH.Zr/c2*1-17(2)21-12-6-7-13-22(21)23-14-8-11-19-15-20(16-24(19)23)18-9-4-3-5-10-18;1-3-7-11-9(5-1)10-6-2-4-8-12(10)13-11;;;/h2*3-17H,1-2H3;1-7H,13H2;2*1H;/q;;;;;+2/p-2. The van der Waals surface area contributed by atoms with Crippen LogP contribution in [0, 0.1) is 0 Å². The Morgan fingerprint density at radius 2 is 0.812 bits per heavy atom. The maximum atomic E-state index is 9.58. The van der Waals surface area contributed by atoms with E-state index in [0.29, 0.717) is 11.8 Å². The quantitative estimate of drug-likeness (QED) is 0.126. The van der Waals surface area contributed by atoms with Crippen molar-refractivity contribution in [2.24, 2.45) is 0 Å². The van der Waals surface area contributed by atoms with E-state index in [1.165, 1.54) is 103 Å². The molecule has 0 spiro atoms. The molecule has 2 aliphatic carbocycles. The average molecular weight is 962 g/mol. The minimum atomic E-state index is -5.96. The summed E-state index contributed by atoms with van der Waals surface area (Å²) in [7, 11) is 18.2. The Balaban J connectivity index is 1.27. The molecule has 313 valence electrons. The van der Waals surface area contributed by atoms with Gasteiger partial charge >= 0.3 is 393 Å². The molecule has 8 aromatic rings. The van der Waals surface area contributed by atoms with Crippen LogP contribution in [0.1, 0.15) is 91.3 Å². The number of hydrogen-bond acceptors (Lipinski definition) is 0. The monoisotopic (exact) mass is 959 g/mol. The van der Waals surface area contributed by atoms with E-state index in [1.807, 2.05) is 0 Å². The van der Waals surface area contributed by atoms with Crippen LogP contribution in [0.4, 0.5) is 0 Å². The Kier molecular flexibility index (Phi) is 10.5. The van der Waals surface area contributed by atoms with Crippen LogP contribution in [0.5, 0.6) is 0 Å². The van der Waals surface area contributed by atoms with E-state index >= 15 is 0 Å². The fourth-order valence-corrected chi connectivity index (χ4v) is 38.8. The van der Waals surface area contributed by atoms with Crippen LogP contribution >= 0.6 is 17.0 Å². The number of halogens is 2. The van der Waals surface area contributed by atoms with Crippen LogP contribution in [0.2, 0.25) is 0 Å². The van der Waals surface area contributed by atoms with E-state index in [2.05, 4.69) is 228 Å². The molecule has 0 amide bonds. The van der Waals surface area contributed by atoms with Gasteiger partial charge in [-0.05, 0) is 0 Å². The molecule has 0 bridgehead atoms. The van der Waals surface area contributed by atoms with Crippen LogP contribution < -0.4 is 13.6 Å². The van der Waals surface area contributed by atoms with Crippen molar-refractivity contribution in [1.29, 1.82) is 0 Å². The van der Waals surface area contributed by atoms with Gasteiger partial charge in [0, 0.05) is 0 Å². The van der Waals surface area contributed by atoms with Crippen LogP contribution in [0.25, 0.3) is 56.7 Å². The van der Waals surface area contributed by atoms with Crippen molar-refractivity contribution in [2.45, 2.75) is 46.8 Å². The molecule has 2 atom stereocenters. The van der Waals surface area contributed by atoms with Crippen molar-refractivity contribution < 1.29 is 16.4 Å². The number of rotatable bonds is 9. The van der Waals surface area contributed by atoms with Gasteiger partial charge in [-0.25, -0.2) is 0 Å². The molecule has 4 heteroatoms. The zero-order valence-corrected chi connectivity index (χ0v) is 42.2. The van der Waals surface area contributed by atoms with Gasteiger partial charge in [0.05, 0.1) is 0 Å². The summed E-state index contributed by atoms with van der Waals surface area (Å²) in [6.45, 7) is 9.19. The summed E-state index contributed by atoms with van der Waals surface area (Å²) in [6, 6.07) is 69.7. The van der Waals surface area contributed by atoms with Gasteiger partial charge < -0.3 is 0 Å². The van der Waals surface area contributed by atoms with Crippen molar-refractivity contribution in [3.05, 3.63) is 233 Å². The number of benzene rings is 8. The zero-order chi connectivity index (χ0) is 43.8. The summed E-state index contributed by atoms with van der Waals surface area (Å²) in [6.07, 6.45) is 4.96. The molecule has 1 aliphatic heterocycles. The summed E-state index contributed by atoms with van der Waals surface area (Å²) in [4.78, 5) is 0. The molecule has 0 aromatic heterocycles. The van der Waals surface area contributed by atoms with Gasteiger partial charge in [-0.15, -0.1) is 0 Å². The summed E-state index contributed by atoms with van der Waals surface area (Å²) >= 11 is -5.96. The van der Waals surface area contributed by atoms with E-state index in [0.717, 1.165) is 0 Å². The molecule has 0 N–H and O–H groups in total. The van der Waals surface area contributed by atoms with Gasteiger partial charge in [-0.1, -0.05) is 0 Å². The molecule has 2 unspecified atom stereocenters. The summed E-state index contributed by atoms with van der Waals surface area (Å²) < 4.78 is 0.685. The fraction of sp³-hybridized carbons (Fsp3) is 0.133. The number of hydrogen-bond donors (Lipinski definition) is 0. The van der Waals surface area contributed by atoms with Gasteiger partial charge in [0.25, 0.3) is 0 Å². The Morgan fingerprint density at radius 3 is 1.31 bits per heavy atom. The second-order valence-electron chi connectivity index (χ2n) is 18.7. The molecule has 0 fully saturated rings. The topological polar surface area (TPSA) is 0 Å². The third-order valence-corrected chi connectivity index (χ3v) is 37.0. The van der Waals surface area contributed by atoms with E-state index in [-0.39, 0.29) is 7.25 Å². The first-order valence-corrected chi connectivity index (χ1v) is 34.7. The predicted octanol–water partition coefficient (Wildman–Crippen LogP) is 14.6. The first kappa shape index (κ1) is 41.6. The zero-order valence-electron chi connectivity index (χ0n) is 36.8. The normalized spacial score (nSPS) is 17.1. The molecule has 1 heterocycles. The molecule has 64 heavy (non-hydrogen) atoms. The molecule has 0 nitrogen and oxygen atoms in total. The van der Waals surface area contributed by atoms with Gasteiger partial charge in [0.2, 0.25) is 0 Å². The van der Waals surface area contributed by atoms with Crippen LogP contribution in [-0.2, 0) is 16.4 Å². The van der Waals surface area contributed by atoms with Gasteiger partial charge in [-0.3, -0.25) is 0 Å². The van der Waals surface area contributed by atoms with E-state index in [9.17, 15) is 17.0 Å². The van der Waals surface area contributed by atoms with Crippen molar-refractivity contribution in [2.75, 3.05) is 0 Å². The van der Waals surface area contributed by atoms with Crippen LogP contribution in [-0.4, -0.2) is 9.52 Å².